The van der Waals surface area contributed by atoms with Crippen molar-refractivity contribution in [3.63, 3.8) is 0 Å². The van der Waals surface area contributed by atoms with Gasteiger partial charge in [0.05, 0.1) is 11.4 Å². The van der Waals surface area contributed by atoms with Gasteiger partial charge in [-0.25, -0.2) is 17.1 Å². The SMILES string of the molecule is CN(C)S(=O)(=O)c1ccc(Cn2cc(F)ccc2=O)cc1. The highest BCUT2D eigenvalue weighted by atomic mass is 32.2. The number of halogens is 1. The molecular weight excluding hydrogens is 295 g/mol. The average molecular weight is 310 g/mol. The van der Waals surface area contributed by atoms with Gasteiger partial charge in [-0.15, -0.1) is 0 Å². The molecule has 1 heterocycles. The molecule has 112 valence electrons. The number of hydrogen-bond acceptors (Lipinski definition) is 3. The molecule has 2 rings (SSSR count). The lowest BCUT2D eigenvalue weighted by atomic mass is 10.2. The Morgan fingerprint density at radius 1 is 1.10 bits per heavy atom. The maximum atomic E-state index is 13.1. The van der Waals surface area contributed by atoms with Crippen molar-refractivity contribution in [2.75, 3.05) is 14.1 Å². The highest BCUT2D eigenvalue weighted by molar-refractivity contribution is 7.89. The molecule has 0 fully saturated rings. The monoisotopic (exact) mass is 310 g/mol. The minimum absolute atomic E-state index is 0.169. The van der Waals surface area contributed by atoms with Crippen molar-refractivity contribution in [3.05, 3.63) is 64.3 Å². The summed E-state index contributed by atoms with van der Waals surface area (Å²) in [4.78, 5) is 11.8. The van der Waals surface area contributed by atoms with Gasteiger partial charge in [0.25, 0.3) is 5.56 Å². The summed E-state index contributed by atoms with van der Waals surface area (Å²) in [6.45, 7) is 0.179. The van der Waals surface area contributed by atoms with Crippen molar-refractivity contribution in [1.82, 2.24) is 8.87 Å². The topological polar surface area (TPSA) is 59.4 Å². The van der Waals surface area contributed by atoms with Gasteiger partial charge in [0.1, 0.15) is 5.82 Å². The first-order valence-corrected chi connectivity index (χ1v) is 7.62. The molecule has 0 aliphatic carbocycles. The van der Waals surface area contributed by atoms with Gasteiger partial charge in [0.2, 0.25) is 10.0 Å². The van der Waals surface area contributed by atoms with Crippen molar-refractivity contribution < 1.29 is 12.8 Å². The van der Waals surface area contributed by atoms with E-state index in [0.717, 1.165) is 22.6 Å². The van der Waals surface area contributed by atoms with Crippen molar-refractivity contribution in [1.29, 1.82) is 0 Å². The minimum Gasteiger partial charge on any atom is -0.308 e. The number of hydrogen-bond donors (Lipinski definition) is 0. The second-order valence-electron chi connectivity index (χ2n) is 4.74. The predicted molar refractivity (Wildman–Crippen MR) is 77.1 cm³/mol. The first kappa shape index (κ1) is 15.4. The highest BCUT2D eigenvalue weighted by Crippen LogP contribution is 2.14. The Morgan fingerprint density at radius 2 is 1.71 bits per heavy atom. The first-order chi connectivity index (χ1) is 9.80. The molecule has 0 radical (unpaired) electrons. The Labute approximate surface area is 122 Å². The van der Waals surface area contributed by atoms with Gasteiger partial charge in [-0.05, 0) is 23.8 Å². The zero-order chi connectivity index (χ0) is 15.6. The molecule has 0 aliphatic heterocycles. The molecule has 0 saturated carbocycles. The van der Waals surface area contributed by atoms with Crippen LogP contribution in [-0.4, -0.2) is 31.4 Å². The maximum absolute atomic E-state index is 13.1. The maximum Gasteiger partial charge on any atom is 0.251 e. The zero-order valence-corrected chi connectivity index (χ0v) is 12.5. The number of nitrogens with zero attached hydrogens (tertiary/aromatic N) is 2. The molecule has 0 atom stereocenters. The van der Waals surface area contributed by atoms with Crippen molar-refractivity contribution in [2.24, 2.45) is 0 Å². The lowest BCUT2D eigenvalue weighted by molar-refractivity contribution is 0.520. The summed E-state index contributed by atoms with van der Waals surface area (Å²) in [5.41, 5.74) is 0.391. The summed E-state index contributed by atoms with van der Waals surface area (Å²) in [6.07, 6.45) is 1.12. The second-order valence-corrected chi connectivity index (χ2v) is 6.90. The van der Waals surface area contributed by atoms with Gasteiger partial charge in [0, 0.05) is 26.4 Å². The molecule has 1 aromatic heterocycles. The fourth-order valence-electron chi connectivity index (χ4n) is 1.80. The Balaban J connectivity index is 2.28. The second kappa shape index (κ2) is 5.79. The molecule has 2 aromatic rings. The van der Waals surface area contributed by atoms with Crippen LogP contribution in [0.5, 0.6) is 0 Å². The third-order valence-electron chi connectivity index (χ3n) is 3.00. The summed E-state index contributed by atoms with van der Waals surface area (Å²) in [6, 6.07) is 8.40. The van der Waals surface area contributed by atoms with Gasteiger partial charge in [-0.1, -0.05) is 12.1 Å². The molecule has 0 saturated heterocycles. The Bertz CT molecular complexity index is 796. The van der Waals surface area contributed by atoms with E-state index in [1.54, 1.807) is 12.1 Å². The van der Waals surface area contributed by atoms with E-state index in [1.165, 1.54) is 30.8 Å². The summed E-state index contributed by atoms with van der Waals surface area (Å²) in [5, 5.41) is 0. The van der Waals surface area contributed by atoms with Crippen molar-refractivity contribution >= 4 is 10.0 Å². The van der Waals surface area contributed by atoms with Gasteiger partial charge in [-0.3, -0.25) is 4.79 Å². The van der Waals surface area contributed by atoms with Crippen LogP contribution in [0.3, 0.4) is 0 Å². The van der Waals surface area contributed by atoms with Crippen LogP contribution in [0.1, 0.15) is 5.56 Å². The number of pyridine rings is 1. The standard InChI is InChI=1S/C14H15FN2O3S/c1-16(2)21(19,20)13-6-3-11(4-7-13)9-17-10-12(15)5-8-14(17)18/h3-8,10H,9H2,1-2H3. The molecule has 0 N–H and O–H groups in total. The normalized spacial score (nSPS) is 11.8. The molecule has 0 aliphatic rings. The molecule has 0 bridgehead atoms. The van der Waals surface area contributed by atoms with Crippen LogP contribution >= 0.6 is 0 Å². The summed E-state index contributed by atoms with van der Waals surface area (Å²) < 4.78 is 39.3. The van der Waals surface area contributed by atoms with Crippen LogP contribution in [0.2, 0.25) is 0 Å². The number of sulfonamides is 1. The van der Waals surface area contributed by atoms with Crippen LogP contribution in [0.25, 0.3) is 0 Å². The van der Waals surface area contributed by atoms with Crippen LogP contribution < -0.4 is 5.56 Å². The van der Waals surface area contributed by atoms with E-state index < -0.39 is 15.8 Å². The van der Waals surface area contributed by atoms with Crippen LogP contribution in [0.15, 0.2) is 52.3 Å². The number of aromatic nitrogens is 1. The van der Waals surface area contributed by atoms with E-state index in [4.69, 9.17) is 0 Å². The number of rotatable bonds is 4. The third kappa shape index (κ3) is 3.37. The first-order valence-electron chi connectivity index (χ1n) is 6.18. The van der Waals surface area contributed by atoms with E-state index >= 15 is 0 Å². The van der Waals surface area contributed by atoms with Crippen LogP contribution in [-0.2, 0) is 16.6 Å². The summed E-state index contributed by atoms with van der Waals surface area (Å²) in [7, 11) is -0.569. The zero-order valence-electron chi connectivity index (χ0n) is 11.7. The highest BCUT2D eigenvalue weighted by Gasteiger charge is 2.16. The van der Waals surface area contributed by atoms with Crippen molar-refractivity contribution in [3.8, 4) is 0 Å². The molecule has 0 spiro atoms. The van der Waals surface area contributed by atoms with Gasteiger partial charge < -0.3 is 4.57 Å². The quantitative estimate of drug-likeness (QED) is 0.855. The Kier molecular flexibility index (Phi) is 4.24. The van der Waals surface area contributed by atoms with E-state index in [2.05, 4.69) is 0 Å². The summed E-state index contributed by atoms with van der Waals surface area (Å²) >= 11 is 0. The molecular formula is C14H15FN2O3S. The van der Waals surface area contributed by atoms with E-state index in [1.807, 2.05) is 0 Å². The van der Waals surface area contributed by atoms with Crippen LogP contribution in [0.4, 0.5) is 4.39 Å². The largest absolute Gasteiger partial charge is 0.308 e. The minimum atomic E-state index is -3.48. The summed E-state index contributed by atoms with van der Waals surface area (Å²) in [5.74, 6) is -0.499. The van der Waals surface area contributed by atoms with Gasteiger partial charge in [0.15, 0.2) is 0 Å². The number of benzene rings is 1. The molecule has 0 amide bonds. The van der Waals surface area contributed by atoms with Crippen molar-refractivity contribution in [2.45, 2.75) is 11.4 Å². The lowest BCUT2D eigenvalue weighted by Gasteiger charge is -2.12. The molecule has 5 nitrogen and oxygen atoms in total. The molecule has 0 unspecified atom stereocenters. The lowest BCUT2D eigenvalue weighted by Crippen LogP contribution is -2.22. The van der Waals surface area contributed by atoms with Crippen LogP contribution in [0, 0.1) is 5.82 Å². The fourth-order valence-corrected chi connectivity index (χ4v) is 2.70. The molecule has 7 heteroatoms. The Morgan fingerprint density at radius 3 is 2.29 bits per heavy atom. The average Bonchev–Trinajstić information content (AvgIpc) is 2.43. The fraction of sp³-hybridized carbons (Fsp3) is 0.214. The van der Waals surface area contributed by atoms with E-state index in [-0.39, 0.29) is 17.0 Å². The predicted octanol–water partition coefficient (Wildman–Crippen LogP) is 1.29. The third-order valence-corrected chi connectivity index (χ3v) is 4.83. The van der Waals surface area contributed by atoms with E-state index in [0.29, 0.717) is 5.56 Å². The van der Waals surface area contributed by atoms with E-state index in [9.17, 15) is 17.6 Å². The molecule has 21 heavy (non-hydrogen) atoms. The smallest absolute Gasteiger partial charge is 0.251 e. The van der Waals surface area contributed by atoms with Gasteiger partial charge in [-0.2, -0.15) is 0 Å². The Hall–Kier alpha value is -1.99. The van der Waals surface area contributed by atoms with Gasteiger partial charge >= 0.3 is 0 Å². The molecule has 1 aromatic carbocycles.